The molecule has 0 aliphatic carbocycles. The van der Waals surface area contributed by atoms with E-state index < -0.39 is 5.91 Å². The number of hydrogen-bond acceptors (Lipinski definition) is 4. The molecule has 22 heavy (non-hydrogen) atoms. The maximum Gasteiger partial charge on any atom is 0.267 e. The Hall–Kier alpha value is -3.13. The summed E-state index contributed by atoms with van der Waals surface area (Å²) in [5.74, 6) is -0.453. The first-order valence-corrected chi connectivity index (χ1v) is 6.75. The van der Waals surface area contributed by atoms with E-state index >= 15 is 0 Å². The smallest absolute Gasteiger partial charge is 0.267 e. The molecule has 1 amide bonds. The van der Waals surface area contributed by atoms with Crippen LogP contribution in [0.15, 0.2) is 54.5 Å². The lowest BCUT2D eigenvalue weighted by Crippen LogP contribution is -2.15. The van der Waals surface area contributed by atoms with Gasteiger partial charge in [-0.15, -0.1) is 0 Å². The molecule has 0 saturated heterocycles. The Morgan fingerprint density at radius 1 is 1.32 bits per heavy atom. The van der Waals surface area contributed by atoms with Crippen LogP contribution >= 0.6 is 0 Å². The number of aryl methyl sites for hydroxylation is 2. The van der Waals surface area contributed by atoms with E-state index in [4.69, 9.17) is 5.26 Å². The minimum atomic E-state index is -0.453. The highest BCUT2D eigenvalue weighted by atomic mass is 16.1. The van der Waals surface area contributed by atoms with Gasteiger partial charge in [0.05, 0.1) is 11.9 Å². The number of benzene rings is 1. The van der Waals surface area contributed by atoms with Gasteiger partial charge in [0, 0.05) is 18.1 Å². The van der Waals surface area contributed by atoms with Crippen LogP contribution in [0.4, 0.5) is 11.4 Å². The first kappa shape index (κ1) is 15.3. The van der Waals surface area contributed by atoms with Gasteiger partial charge in [0.2, 0.25) is 0 Å². The summed E-state index contributed by atoms with van der Waals surface area (Å²) >= 11 is 0. The van der Waals surface area contributed by atoms with E-state index in [0.29, 0.717) is 11.4 Å². The number of aromatic nitrogens is 1. The fraction of sp³-hybridized carbons (Fsp3) is 0.118. The normalized spacial score (nSPS) is 10.7. The SMILES string of the molecule is Cc1ccc(NC(=O)/C(C#N)=C\Nc2cccnc2)c(C)c1. The summed E-state index contributed by atoms with van der Waals surface area (Å²) in [7, 11) is 0. The van der Waals surface area contributed by atoms with Crippen LogP contribution in [0, 0.1) is 25.2 Å². The lowest BCUT2D eigenvalue weighted by molar-refractivity contribution is -0.112. The second-order valence-electron chi connectivity index (χ2n) is 4.83. The number of rotatable bonds is 4. The largest absolute Gasteiger partial charge is 0.359 e. The molecule has 5 nitrogen and oxygen atoms in total. The molecule has 0 radical (unpaired) electrons. The van der Waals surface area contributed by atoms with Gasteiger partial charge >= 0.3 is 0 Å². The van der Waals surface area contributed by atoms with Crippen molar-refractivity contribution in [3.05, 3.63) is 65.6 Å². The average molecular weight is 292 g/mol. The Morgan fingerprint density at radius 2 is 2.14 bits per heavy atom. The average Bonchev–Trinajstić information content (AvgIpc) is 2.52. The molecule has 0 atom stereocenters. The van der Waals surface area contributed by atoms with E-state index in [-0.39, 0.29) is 5.57 Å². The molecule has 0 bridgehead atoms. The molecule has 0 aliphatic heterocycles. The van der Waals surface area contributed by atoms with Gasteiger partial charge in [-0.05, 0) is 37.6 Å². The molecule has 1 heterocycles. The molecule has 5 heteroatoms. The molecular formula is C17H16N4O. The number of carbonyl (C=O) groups excluding carboxylic acids is 1. The maximum absolute atomic E-state index is 12.1. The van der Waals surface area contributed by atoms with Crippen molar-refractivity contribution in [3.63, 3.8) is 0 Å². The van der Waals surface area contributed by atoms with Crippen LogP contribution in [-0.2, 0) is 4.79 Å². The van der Waals surface area contributed by atoms with Crippen molar-refractivity contribution < 1.29 is 4.79 Å². The summed E-state index contributed by atoms with van der Waals surface area (Å²) in [4.78, 5) is 16.1. The summed E-state index contributed by atoms with van der Waals surface area (Å²) in [5, 5.41) is 14.7. The molecule has 0 unspecified atom stereocenters. The number of pyridine rings is 1. The van der Waals surface area contributed by atoms with Gasteiger partial charge in [-0.25, -0.2) is 0 Å². The van der Waals surface area contributed by atoms with Crippen molar-refractivity contribution in [1.29, 1.82) is 5.26 Å². The van der Waals surface area contributed by atoms with Crippen LogP contribution < -0.4 is 10.6 Å². The van der Waals surface area contributed by atoms with E-state index in [1.165, 1.54) is 6.20 Å². The van der Waals surface area contributed by atoms with Gasteiger partial charge in [0.1, 0.15) is 11.6 Å². The monoisotopic (exact) mass is 292 g/mol. The second-order valence-corrected chi connectivity index (χ2v) is 4.83. The zero-order valence-electron chi connectivity index (χ0n) is 12.4. The van der Waals surface area contributed by atoms with Crippen LogP contribution in [0.2, 0.25) is 0 Å². The lowest BCUT2D eigenvalue weighted by atomic mass is 10.1. The molecule has 0 saturated carbocycles. The summed E-state index contributed by atoms with van der Waals surface area (Å²) in [5.41, 5.74) is 3.45. The van der Waals surface area contributed by atoms with Gasteiger partial charge in [-0.2, -0.15) is 5.26 Å². The minimum Gasteiger partial charge on any atom is -0.359 e. The third kappa shape index (κ3) is 3.93. The van der Waals surface area contributed by atoms with Crippen LogP contribution in [0.1, 0.15) is 11.1 Å². The Labute approximate surface area is 129 Å². The van der Waals surface area contributed by atoms with E-state index in [1.807, 2.05) is 38.1 Å². The number of carbonyl (C=O) groups is 1. The number of amides is 1. The summed E-state index contributed by atoms with van der Waals surface area (Å²) in [6.07, 6.45) is 4.62. The third-order valence-corrected chi connectivity index (χ3v) is 3.04. The molecule has 1 aromatic heterocycles. The van der Waals surface area contributed by atoms with Crippen molar-refractivity contribution in [2.45, 2.75) is 13.8 Å². The van der Waals surface area contributed by atoms with Crippen LogP contribution in [0.5, 0.6) is 0 Å². The highest BCUT2D eigenvalue weighted by Crippen LogP contribution is 2.16. The first-order chi connectivity index (χ1) is 10.6. The van der Waals surface area contributed by atoms with Crippen molar-refractivity contribution in [3.8, 4) is 6.07 Å². The predicted molar refractivity (Wildman–Crippen MR) is 86.1 cm³/mol. The Kier molecular flexibility index (Phi) is 4.89. The van der Waals surface area contributed by atoms with E-state index in [2.05, 4.69) is 15.6 Å². The molecule has 1 aromatic carbocycles. The van der Waals surface area contributed by atoms with Gasteiger partial charge in [-0.3, -0.25) is 9.78 Å². The van der Waals surface area contributed by atoms with Crippen molar-refractivity contribution in [2.75, 3.05) is 10.6 Å². The van der Waals surface area contributed by atoms with Crippen molar-refractivity contribution in [2.24, 2.45) is 0 Å². The summed E-state index contributed by atoms with van der Waals surface area (Å²) in [6, 6.07) is 11.1. The fourth-order valence-electron chi connectivity index (χ4n) is 1.90. The standard InChI is InChI=1S/C17H16N4O/c1-12-5-6-16(13(2)8-12)21-17(22)14(9-18)10-20-15-4-3-7-19-11-15/h3-8,10-11,20H,1-2H3,(H,21,22)/b14-10-. The highest BCUT2D eigenvalue weighted by molar-refractivity contribution is 6.07. The molecule has 2 rings (SSSR count). The van der Waals surface area contributed by atoms with E-state index in [1.54, 1.807) is 24.5 Å². The Morgan fingerprint density at radius 3 is 2.77 bits per heavy atom. The zero-order valence-corrected chi connectivity index (χ0v) is 12.4. The molecule has 0 aliphatic rings. The van der Waals surface area contributed by atoms with Crippen molar-refractivity contribution in [1.82, 2.24) is 4.98 Å². The lowest BCUT2D eigenvalue weighted by Gasteiger charge is -2.08. The molecule has 0 fully saturated rings. The molecule has 110 valence electrons. The van der Waals surface area contributed by atoms with Crippen LogP contribution in [0.3, 0.4) is 0 Å². The van der Waals surface area contributed by atoms with Crippen LogP contribution in [0.25, 0.3) is 0 Å². The molecule has 2 aromatic rings. The molecule has 2 N–H and O–H groups in total. The third-order valence-electron chi connectivity index (χ3n) is 3.04. The zero-order chi connectivity index (χ0) is 15.9. The number of nitriles is 1. The number of hydrogen-bond donors (Lipinski definition) is 2. The molecule has 0 spiro atoms. The summed E-state index contributed by atoms with van der Waals surface area (Å²) < 4.78 is 0. The summed E-state index contributed by atoms with van der Waals surface area (Å²) in [6.45, 7) is 3.89. The first-order valence-electron chi connectivity index (χ1n) is 6.75. The number of anilines is 2. The minimum absolute atomic E-state index is 0.0103. The van der Waals surface area contributed by atoms with Gasteiger partial charge in [0.15, 0.2) is 0 Å². The van der Waals surface area contributed by atoms with E-state index in [9.17, 15) is 4.79 Å². The second kappa shape index (κ2) is 7.04. The van der Waals surface area contributed by atoms with Gasteiger partial charge in [-0.1, -0.05) is 17.7 Å². The maximum atomic E-state index is 12.1. The highest BCUT2D eigenvalue weighted by Gasteiger charge is 2.10. The number of nitrogens with zero attached hydrogens (tertiary/aromatic N) is 2. The Bertz CT molecular complexity index is 745. The number of nitrogens with one attached hydrogen (secondary N) is 2. The predicted octanol–water partition coefficient (Wildman–Crippen LogP) is 3.16. The molecular weight excluding hydrogens is 276 g/mol. The van der Waals surface area contributed by atoms with Gasteiger partial charge in [0.25, 0.3) is 5.91 Å². The van der Waals surface area contributed by atoms with E-state index in [0.717, 1.165) is 11.1 Å². The van der Waals surface area contributed by atoms with Crippen molar-refractivity contribution >= 4 is 17.3 Å². The van der Waals surface area contributed by atoms with Crippen LogP contribution in [-0.4, -0.2) is 10.9 Å². The Balaban J connectivity index is 2.10. The van der Waals surface area contributed by atoms with Gasteiger partial charge < -0.3 is 10.6 Å². The quantitative estimate of drug-likeness (QED) is 0.670. The fourth-order valence-corrected chi connectivity index (χ4v) is 1.90. The topological polar surface area (TPSA) is 77.8 Å².